The number of thiophene rings is 1. The Morgan fingerprint density at radius 2 is 1.90 bits per heavy atom. The predicted octanol–water partition coefficient (Wildman–Crippen LogP) is 3.90. The lowest BCUT2D eigenvalue weighted by Gasteiger charge is -2.20. The fraction of sp³-hybridized carbons (Fsp3) is 0.273. The second kappa shape index (κ2) is 8.13. The number of rotatable bonds is 6. The van der Waals surface area contributed by atoms with Gasteiger partial charge in [0.05, 0.1) is 6.42 Å². The van der Waals surface area contributed by atoms with Crippen molar-refractivity contribution >= 4 is 23.1 Å². The maximum atomic E-state index is 12.7. The first-order valence-electron chi connectivity index (χ1n) is 9.32. The molecule has 0 atom stereocenters. The minimum atomic E-state index is -0.405. The molecular weight excluding hydrogens is 390 g/mol. The van der Waals surface area contributed by atoms with Crippen LogP contribution in [-0.2, 0) is 16.0 Å². The Kier molecular flexibility index (Phi) is 5.40. The van der Waals surface area contributed by atoms with E-state index in [1.54, 1.807) is 0 Å². The van der Waals surface area contributed by atoms with E-state index in [9.17, 15) is 9.59 Å². The number of hydrogen-bond donors (Lipinski definition) is 0. The molecule has 0 N–H and O–H groups in total. The molecule has 0 saturated carbocycles. The number of aryl methyl sites for hydroxylation is 1. The number of benzene rings is 1. The molecule has 2 aromatic heterocycles. The predicted molar refractivity (Wildman–Crippen MR) is 110 cm³/mol. The minimum Gasteiger partial charge on any atom is -0.486 e. The van der Waals surface area contributed by atoms with Gasteiger partial charge in [-0.15, -0.1) is 0 Å². The Bertz CT molecular complexity index is 1050. The lowest BCUT2D eigenvalue weighted by atomic mass is 10.1. The van der Waals surface area contributed by atoms with Crippen LogP contribution in [0.5, 0.6) is 11.5 Å². The van der Waals surface area contributed by atoms with Crippen LogP contribution in [0.3, 0.4) is 0 Å². The first-order chi connectivity index (χ1) is 14.0. The van der Waals surface area contributed by atoms with Crippen molar-refractivity contribution in [3.63, 3.8) is 0 Å². The van der Waals surface area contributed by atoms with Crippen LogP contribution < -0.4 is 9.47 Å². The van der Waals surface area contributed by atoms with Gasteiger partial charge in [-0.05, 0) is 54.4 Å². The topological polar surface area (TPSA) is 66.8 Å². The standard InChI is InChI=1S/C22H21NO5S/c1-14-9-18(19(24)12-28-22(25)10-16-5-8-29-13-16)15(2)23(14)17-3-4-20-21(11-17)27-7-6-26-20/h3-5,8-9,11,13H,6-7,10,12H2,1-2H3. The highest BCUT2D eigenvalue weighted by atomic mass is 32.1. The van der Waals surface area contributed by atoms with Crippen LogP contribution in [0, 0.1) is 13.8 Å². The molecule has 1 aliphatic heterocycles. The second-order valence-electron chi connectivity index (χ2n) is 6.84. The van der Waals surface area contributed by atoms with Crippen molar-refractivity contribution < 1.29 is 23.8 Å². The van der Waals surface area contributed by atoms with Gasteiger partial charge in [-0.25, -0.2) is 0 Å². The Balaban J connectivity index is 1.49. The zero-order chi connectivity index (χ0) is 20.4. The van der Waals surface area contributed by atoms with Gasteiger partial charge in [-0.1, -0.05) is 0 Å². The van der Waals surface area contributed by atoms with E-state index in [1.807, 2.05) is 59.5 Å². The molecule has 0 bridgehead atoms. The van der Waals surface area contributed by atoms with Gasteiger partial charge in [0.1, 0.15) is 13.2 Å². The molecule has 6 nitrogen and oxygen atoms in total. The Hall–Kier alpha value is -3.06. The maximum Gasteiger partial charge on any atom is 0.310 e. The summed E-state index contributed by atoms with van der Waals surface area (Å²) in [6, 6.07) is 9.40. The van der Waals surface area contributed by atoms with Crippen molar-refractivity contribution in [3.8, 4) is 17.2 Å². The quantitative estimate of drug-likeness (QED) is 0.455. The molecule has 0 aliphatic carbocycles. The lowest BCUT2D eigenvalue weighted by Crippen LogP contribution is -2.16. The second-order valence-corrected chi connectivity index (χ2v) is 7.62. The molecule has 7 heteroatoms. The smallest absolute Gasteiger partial charge is 0.310 e. The van der Waals surface area contributed by atoms with Gasteiger partial charge in [-0.3, -0.25) is 9.59 Å². The highest BCUT2D eigenvalue weighted by molar-refractivity contribution is 7.08. The SMILES string of the molecule is Cc1cc(C(=O)COC(=O)Cc2ccsc2)c(C)n1-c1ccc2c(c1)OCCO2. The highest BCUT2D eigenvalue weighted by Crippen LogP contribution is 2.33. The molecule has 0 radical (unpaired) electrons. The Morgan fingerprint density at radius 3 is 2.66 bits per heavy atom. The average Bonchev–Trinajstić information content (AvgIpc) is 3.33. The van der Waals surface area contributed by atoms with Gasteiger partial charge in [0.15, 0.2) is 18.1 Å². The van der Waals surface area contributed by atoms with Crippen LogP contribution in [-0.4, -0.2) is 36.1 Å². The van der Waals surface area contributed by atoms with E-state index in [2.05, 4.69) is 0 Å². The number of carbonyl (C=O) groups is 2. The normalized spacial score (nSPS) is 12.6. The summed E-state index contributed by atoms with van der Waals surface area (Å²) in [5.41, 5.74) is 4.02. The van der Waals surface area contributed by atoms with Gasteiger partial charge >= 0.3 is 5.97 Å². The number of fused-ring (bicyclic) bond motifs is 1. The first kappa shape index (κ1) is 19.3. The van der Waals surface area contributed by atoms with Gasteiger partial charge in [0, 0.05) is 28.7 Å². The van der Waals surface area contributed by atoms with Crippen molar-refractivity contribution in [2.24, 2.45) is 0 Å². The summed E-state index contributed by atoms with van der Waals surface area (Å²) in [7, 11) is 0. The van der Waals surface area contributed by atoms with Gasteiger partial charge in [0.2, 0.25) is 5.78 Å². The molecule has 0 saturated heterocycles. The molecule has 1 aromatic carbocycles. The van der Waals surface area contributed by atoms with E-state index >= 15 is 0 Å². The number of ketones is 1. The fourth-order valence-electron chi connectivity index (χ4n) is 3.45. The lowest BCUT2D eigenvalue weighted by molar-refractivity contribution is -0.141. The van der Waals surface area contributed by atoms with E-state index < -0.39 is 5.97 Å². The van der Waals surface area contributed by atoms with Crippen LogP contribution in [0.1, 0.15) is 27.3 Å². The Labute approximate surface area is 172 Å². The van der Waals surface area contributed by atoms with Crippen LogP contribution in [0.4, 0.5) is 0 Å². The third kappa shape index (κ3) is 4.05. The van der Waals surface area contributed by atoms with E-state index in [-0.39, 0.29) is 18.8 Å². The summed E-state index contributed by atoms with van der Waals surface area (Å²) >= 11 is 1.52. The number of carbonyl (C=O) groups excluding carboxylic acids is 2. The number of Topliss-reactive ketones (excluding diaryl/α,β-unsaturated/α-hetero) is 1. The molecule has 0 spiro atoms. The van der Waals surface area contributed by atoms with Crippen molar-refractivity contribution in [1.82, 2.24) is 4.57 Å². The number of ether oxygens (including phenoxy) is 3. The van der Waals surface area contributed by atoms with Crippen LogP contribution in [0.2, 0.25) is 0 Å². The summed E-state index contributed by atoms with van der Waals surface area (Å²) in [6.45, 7) is 4.60. The molecule has 3 aromatic rings. The maximum absolute atomic E-state index is 12.7. The largest absolute Gasteiger partial charge is 0.486 e. The molecule has 150 valence electrons. The molecule has 1 aliphatic rings. The number of nitrogens with zero attached hydrogens (tertiary/aromatic N) is 1. The van der Waals surface area contributed by atoms with E-state index in [0.29, 0.717) is 24.5 Å². The van der Waals surface area contributed by atoms with Crippen molar-refractivity contribution in [2.45, 2.75) is 20.3 Å². The third-order valence-electron chi connectivity index (χ3n) is 4.81. The minimum absolute atomic E-state index is 0.174. The summed E-state index contributed by atoms with van der Waals surface area (Å²) in [5.74, 6) is 0.783. The highest BCUT2D eigenvalue weighted by Gasteiger charge is 2.20. The summed E-state index contributed by atoms with van der Waals surface area (Å²) in [4.78, 5) is 24.6. The van der Waals surface area contributed by atoms with E-state index in [1.165, 1.54) is 11.3 Å². The summed E-state index contributed by atoms with van der Waals surface area (Å²) in [5, 5.41) is 3.80. The molecule has 4 rings (SSSR count). The molecule has 0 amide bonds. The van der Waals surface area contributed by atoms with E-state index in [4.69, 9.17) is 14.2 Å². The average molecular weight is 411 g/mol. The third-order valence-corrected chi connectivity index (χ3v) is 5.54. The number of aromatic nitrogens is 1. The van der Waals surface area contributed by atoms with Crippen LogP contribution >= 0.6 is 11.3 Å². The first-order valence-corrected chi connectivity index (χ1v) is 10.3. The van der Waals surface area contributed by atoms with Gasteiger partial charge in [-0.2, -0.15) is 11.3 Å². The monoisotopic (exact) mass is 411 g/mol. The Morgan fingerprint density at radius 1 is 1.10 bits per heavy atom. The van der Waals surface area contributed by atoms with Gasteiger partial charge in [0.25, 0.3) is 0 Å². The molecule has 0 fully saturated rings. The fourth-order valence-corrected chi connectivity index (χ4v) is 4.12. The zero-order valence-corrected chi connectivity index (χ0v) is 17.1. The van der Waals surface area contributed by atoms with E-state index in [0.717, 1.165) is 28.4 Å². The van der Waals surface area contributed by atoms with Crippen LogP contribution in [0.15, 0.2) is 41.1 Å². The zero-order valence-electron chi connectivity index (χ0n) is 16.3. The van der Waals surface area contributed by atoms with Crippen molar-refractivity contribution in [3.05, 3.63) is 63.6 Å². The van der Waals surface area contributed by atoms with Crippen LogP contribution in [0.25, 0.3) is 5.69 Å². The van der Waals surface area contributed by atoms with Crippen molar-refractivity contribution in [2.75, 3.05) is 19.8 Å². The van der Waals surface area contributed by atoms with Gasteiger partial charge < -0.3 is 18.8 Å². The number of esters is 1. The summed E-state index contributed by atoms with van der Waals surface area (Å²) < 4.78 is 18.4. The molecular formula is C22H21NO5S. The molecule has 0 unspecified atom stereocenters. The van der Waals surface area contributed by atoms with Crippen molar-refractivity contribution in [1.29, 1.82) is 0 Å². The number of hydrogen-bond acceptors (Lipinski definition) is 6. The summed E-state index contributed by atoms with van der Waals surface area (Å²) in [6.07, 6.45) is 0.174. The molecule has 29 heavy (non-hydrogen) atoms. The molecule has 3 heterocycles.